The molecule has 0 aliphatic carbocycles. The number of hydrogen-bond donors (Lipinski definition) is 1. The highest BCUT2D eigenvalue weighted by Crippen LogP contribution is 2.15. The number of likely N-dealkylation sites (N-methyl/N-ethyl adjacent to an activating group) is 1. The van der Waals surface area contributed by atoms with Gasteiger partial charge in [0.15, 0.2) is 0 Å². The molecule has 0 spiro atoms. The van der Waals surface area contributed by atoms with Crippen molar-refractivity contribution in [1.82, 2.24) is 10.2 Å². The minimum atomic E-state index is -2.85. The van der Waals surface area contributed by atoms with Crippen LogP contribution in [-0.4, -0.2) is 37.6 Å². The second-order valence-corrected chi connectivity index (χ2v) is 5.89. The lowest BCUT2D eigenvalue weighted by Gasteiger charge is -2.16. The van der Waals surface area contributed by atoms with Crippen LogP contribution in [-0.2, 0) is 17.8 Å². The lowest BCUT2D eigenvalue weighted by molar-refractivity contribution is -0.122. The number of hydrogen-bond acceptors (Lipinski definition) is 3. The summed E-state index contributed by atoms with van der Waals surface area (Å²) in [7, 11) is 1.78. The number of alkyl halides is 2. The summed E-state index contributed by atoms with van der Waals surface area (Å²) in [6, 6.07) is 12.7. The Labute approximate surface area is 150 Å². The van der Waals surface area contributed by atoms with Crippen LogP contribution < -0.4 is 10.1 Å². The SMILES string of the molecule is CN(CC(=O)NCCc1ccccc1F)Cc1ccc(OC(F)F)cc1. The summed E-state index contributed by atoms with van der Waals surface area (Å²) < 4.78 is 42.0. The van der Waals surface area contributed by atoms with Crippen molar-refractivity contribution in [1.29, 1.82) is 0 Å². The Kier molecular flexibility index (Phi) is 7.47. The number of nitrogens with zero attached hydrogens (tertiary/aromatic N) is 1. The molecule has 0 bridgehead atoms. The molecule has 0 atom stereocenters. The van der Waals surface area contributed by atoms with Gasteiger partial charge in [0.25, 0.3) is 0 Å². The van der Waals surface area contributed by atoms with E-state index in [1.165, 1.54) is 18.2 Å². The largest absolute Gasteiger partial charge is 0.435 e. The van der Waals surface area contributed by atoms with Crippen LogP contribution in [0, 0.1) is 5.82 Å². The quantitative estimate of drug-likeness (QED) is 0.741. The van der Waals surface area contributed by atoms with E-state index in [9.17, 15) is 18.0 Å². The molecule has 2 rings (SSSR count). The van der Waals surface area contributed by atoms with Gasteiger partial charge in [0.2, 0.25) is 5.91 Å². The highest BCUT2D eigenvalue weighted by molar-refractivity contribution is 5.77. The average Bonchev–Trinajstić information content (AvgIpc) is 2.58. The molecule has 0 heterocycles. The first-order valence-corrected chi connectivity index (χ1v) is 8.16. The molecule has 0 fully saturated rings. The van der Waals surface area contributed by atoms with Gasteiger partial charge in [-0.3, -0.25) is 9.69 Å². The summed E-state index contributed by atoms with van der Waals surface area (Å²) in [4.78, 5) is 13.7. The number of ether oxygens (including phenoxy) is 1. The van der Waals surface area contributed by atoms with Crippen LogP contribution in [0.2, 0.25) is 0 Å². The third-order valence-electron chi connectivity index (χ3n) is 3.69. The van der Waals surface area contributed by atoms with Crippen molar-refractivity contribution in [3.8, 4) is 5.75 Å². The summed E-state index contributed by atoms with van der Waals surface area (Å²) in [5.74, 6) is -0.350. The van der Waals surface area contributed by atoms with Crippen LogP contribution in [0.25, 0.3) is 0 Å². The molecular weight excluding hydrogens is 345 g/mol. The molecule has 0 aromatic heterocycles. The molecule has 26 heavy (non-hydrogen) atoms. The molecular formula is C19H21F3N2O2. The van der Waals surface area contributed by atoms with E-state index in [4.69, 9.17) is 0 Å². The van der Waals surface area contributed by atoms with Crippen molar-refractivity contribution >= 4 is 5.91 Å². The third kappa shape index (κ3) is 6.76. The number of rotatable bonds is 9. The summed E-state index contributed by atoms with van der Waals surface area (Å²) in [5, 5.41) is 2.76. The predicted octanol–water partition coefficient (Wildman–Crippen LogP) is 3.22. The van der Waals surface area contributed by atoms with E-state index in [-0.39, 0.29) is 24.0 Å². The smallest absolute Gasteiger partial charge is 0.387 e. The molecule has 4 nitrogen and oxygen atoms in total. The molecule has 0 aliphatic rings. The van der Waals surface area contributed by atoms with Gasteiger partial charge in [-0.15, -0.1) is 0 Å². The molecule has 0 saturated heterocycles. The van der Waals surface area contributed by atoms with Crippen LogP contribution in [0.1, 0.15) is 11.1 Å². The minimum Gasteiger partial charge on any atom is -0.435 e. The van der Waals surface area contributed by atoms with Gasteiger partial charge in [0, 0.05) is 13.1 Å². The maximum Gasteiger partial charge on any atom is 0.387 e. The first-order chi connectivity index (χ1) is 12.4. The number of amides is 1. The Morgan fingerprint density at radius 1 is 1.15 bits per heavy atom. The third-order valence-corrected chi connectivity index (χ3v) is 3.69. The van der Waals surface area contributed by atoms with E-state index >= 15 is 0 Å². The van der Waals surface area contributed by atoms with E-state index in [0.29, 0.717) is 25.1 Å². The molecule has 0 aliphatic heterocycles. The fourth-order valence-corrected chi connectivity index (χ4v) is 2.48. The Balaban J connectivity index is 1.72. The zero-order valence-electron chi connectivity index (χ0n) is 14.4. The molecule has 140 valence electrons. The van der Waals surface area contributed by atoms with E-state index < -0.39 is 6.61 Å². The van der Waals surface area contributed by atoms with Crippen LogP contribution in [0.3, 0.4) is 0 Å². The van der Waals surface area contributed by atoms with Crippen molar-refractivity contribution in [2.24, 2.45) is 0 Å². The van der Waals surface area contributed by atoms with Gasteiger partial charge in [-0.05, 0) is 42.8 Å². The Morgan fingerprint density at radius 3 is 2.50 bits per heavy atom. The topological polar surface area (TPSA) is 41.6 Å². The van der Waals surface area contributed by atoms with Crippen LogP contribution in [0.15, 0.2) is 48.5 Å². The Morgan fingerprint density at radius 2 is 1.85 bits per heavy atom. The average molecular weight is 366 g/mol. The lowest BCUT2D eigenvalue weighted by atomic mass is 10.1. The minimum absolute atomic E-state index is 0.0947. The van der Waals surface area contributed by atoms with Crippen molar-refractivity contribution in [2.75, 3.05) is 20.1 Å². The zero-order valence-corrected chi connectivity index (χ0v) is 14.4. The first kappa shape index (κ1) is 19.8. The van der Waals surface area contributed by atoms with Gasteiger partial charge in [0.1, 0.15) is 11.6 Å². The molecule has 2 aromatic rings. The van der Waals surface area contributed by atoms with Crippen LogP contribution in [0.4, 0.5) is 13.2 Å². The van der Waals surface area contributed by atoms with Crippen molar-refractivity contribution in [3.05, 3.63) is 65.5 Å². The molecule has 1 N–H and O–H groups in total. The summed E-state index contributed by atoms with van der Waals surface area (Å²) in [6.45, 7) is -1.84. The van der Waals surface area contributed by atoms with Gasteiger partial charge in [-0.2, -0.15) is 8.78 Å². The molecule has 2 aromatic carbocycles. The maximum absolute atomic E-state index is 13.5. The monoisotopic (exact) mass is 366 g/mol. The van der Waals surface area contributed by atoms with E-state index in [0.717, 1.165) is 5.56 Å². The lowest BCUT2D eigenvalue weighted by Crippen LogP contribution is -2.35. The molecule has 0 radical (unpaired) electrons. The molecule has 0 unspecified atom stereocenters. The number of benzene rings is 2. The molecule has 1 amide bonds. The van der Waals surface area contributed by atoms with Gasteiger partial charge in [-0.25, -0.2) is 4.39 Å². The van der Waals surface area contributed by atoms with Crippen LogP contribution in [0.5, 0.6) is 5.75 Å². The second kappa shape index (κ2) is 9.82. The maximum atomic E-state index is 13.5. The normalized spacial score (nSPS) is 11.0. The fourth-order valence-electron chi connectivity index (χ4n) is 2.48. The van der Waals surface area contributed by atoms with Crippen molar-refractivity contribution in [2.45, 2.75) is 19.6 Å². The Bertz CT molecular complexity index is 708. The van der Waals surface area contributed by atoms with E-state index in [1.54, 1.807) is 42.3 Å². The van der Waals surface area contributed by atoms with E-state index in [1.807, 2.05) is 0 Å². The predicted molar refractivity (Wildman–Crippen MR) is 92.5 cm³/mol. The fraction of sp³-hybridized carbons (Fsp3) is 0.316. The second-order valence-electron chi connectivity index (χ2n) is 5.89. The first-order valence-electron chi connectivity index (χ1n) is 8.16. The van der Waals surface area contributed by atoms with Gasteiger partial charge in [-0.1, -0.05) is 30.3 Å². The van der Waals surface area contributed by atoms with Gasteiger partial charge < -0.3 is 10.1 Å². The van der Waals surface area contributed by atoms with Crippen molar-refractivity contribution < 1.29 is 22.7 Å². The standard InChI is InChI=1S/C19H21F3N2O2/c1-24(12-14-6-8-16(9-7-14)26-19(21)22)13-18(25)23-11-10-15-4-2-3-5-17(15)20/h2-9,19H,10-13H2,1H3,(H,23,25). The van der Waals surface area contributed by atoms with Crippen LogP contribution >= 0.6 is 0 Å². The highest BCUT2D eigenvalue weighted by atomic mass is 19.3. The number of carbonyl (C=O) groups is 1. The Hall–Kier alpha value is -2.54. The van der Waals surface area contributed by atoms with Gasteiger partial charge in [0.05, 0.1) is 6.54 Å². The highest BCUT2D eigenvalue weighted by Gasteiger charge is 2.09. The number of halogens is 3. The summed E-state index contributed by atoms with van der Waals surface area (Å²) in [6.07, 6.45) is 0.424. The van der Waals surface area contributed by atoms with Gasteiger partial charge >= 0.3 is 6.61 Å². The summed E-state index contributed by atoms with van der Waals surface area (Å²) >= 11 is 0. The molecule has 7 heteroatoms. The van der Waals surface area contributed by atoms with E-state index in [2.05, 4.69) is 10.1 Å². The zero-order chi connectivity index (χ0) is 18.9. The summed E-state index contributed by atoms with van der Waals surface area (Å²) in [5.41, 5.74) is 1.43. The number of nitrogens with one attached hydrogen (secondary N) is 1. The number of carbonyl (C=O) groups excluding carboxylic acids is 1. The van der Waals surface area contributed by atoms with Crippen molar-refractivity contribution in [3.63, 3.8) is 0 Å². The molecule has 0 saturated carbocycles.